The van der Waals surface area contributed by atoms with E-state index in [9.17, 15) is 13.0 Å². The molecule has 1 aliphatic rings. The fourth-order valence-corrected chi connectivity index (χ4v) is 3.56. The summed E-state index contributed by atoms with van der Waals surface area (Å²) < 4.78 is 39.7. The number of thioether (sulfide) groups is 1. The molecule has 1 aromatic carbocycles. The summed E-state index contributed by atoms with van der Waals surface area (Å²) >= 11 is 1.41. The summed E-state index contributed by atoms with van der Waals surface area (Å²) in [5.41, 5.74) is 6.55. The van der Waals surface area contributed by atoms with Crippen LogP contribution in [-0.4, -0.2) is 31.4 Å². The molecular formula is C15H14F2N4OS2. The summed E-state index contributed by atoms with van der Waals surface area (Å²) in [5, 5.41) is 0.554. The van der Waals surface area contributed by atoms with E-state index in [2.05, 4.69) is 15.0 Å². The molecule has 1 aliphatic heterocycles. The Kier molecular flexibility index (Phi) is 4.91. The molecule has 0 fully saturated rings. The summed E-state index contributed by atoms with van der Waals surface area (Å²) in [6.45, 7) is 0. The van der Waals surface area contributed by atoms with E-state index in [1.807, 2.05) is 0 Å². The second-order valence-electron chi connectivity index (χ2n) is 5.18. The largest absolute Gasteiger partial charge is 0.379 e. The molecule has 3 rings (SSSR count). The third-order valence-corrected chi connectivity index (χ3v) is 5.13. The topological polar surface area (TPSA) is 81.2 Å². The Bertz CT molecular complexity index is 827. The third-order valence-electron chi connectivity index (χ3n) is 3.57. The van der Waals surface area contributed by atoms with E-state index in [1.165, 1.54) is 36.5 Å². The highest BCUT2D eigenvalue weighted by molar-refractivity contribution is 8.13. The van der Waals surface area contributed by atoms with E-state index in [0.29, 0.717) is 17.2 Å². The molecule has 0 amide bonds. The van der Waals surface area contributed by atoms with Gasteiger partial charge in [-0.1, -0.05) is 11.8 Å². The number of aliphatic imine (C=N–C) groups is 1. The molecular weight excluding hydrogens is 354 g/mol. The number of nitrogens with zero attached hydrogens (tertiary/aromatic N) is 3. The first-order valence-electron chi connectivity index (χ1n) is 7.06. The van der Waals surface area contributed by atoms with Gasteiger partial charge in [0.15, 0.2) is 5.17 Å². The van der Waals surface area contributed by atoms with Gasteiger partial charge in [0.2, 0.25) is 5.16 Å². The van der Waals surface area contributed by atoms with Crippen molar-refractivity contribution >= 4 is 27.7 Å². The predicted molar refractivity (Wildman–Crippen MR) is 91.2 cm³/mol. The smallest absolute Gasteiger partial charge is 0.218 e. The number of halogens is 2. The van der Waals surface area contributed by atoms with Gasteiger partial charge in [-0.25, -0.2) is 18.7 Å². The van der Waals surface area contributed by atoms with Crippen molar-refractivity contribution < 1.29 is 13.0 Å². The Hall–Kier alpha value is -1.87. The van der Waals surface area contributed by atoms with Crippen LogP contribution in [0.25, 0.3) is 11.1 Å². The van der Waals surface area contributed by atoms with Gasteiger partial charge in [0.1, 0.15) is 11.6 Å². The van der Waals surface area contributed by atoms with E-state index in [0.717, 1.165) is 11.8 Å². The van der Waals surface area contributed by atoms with Crippen molar-refractivity contribution in [2.75, 3.05) is 12.0 Å². The van der Waals surface area contributed by atoms with Gasteiger partial charge in [-0.2, -0.15) is 0 Å². The van der Waals surface area contributed by atoms with Crippen LogP contribution < -0.4 is 5.73 Å². The fraction of sp³-hybridized carbons (Fsp3) is 0.267. The minimum atomic E-state index is -1.32. The molecule has 0 spiro atoms. The van der Waals surface area contributed by atoms with E-state index < -0.39 is 28.5 Å². The number of rotatable bonds is 3. The molecule has 126 valence electrons. The maximum absolute atomic E-state index is 14.2. The van der Waals surface area contributed by atoms with Crippen LogP contribution in [0.4, 0.5) is 8.78 Å². The van der Waals surface area contributed by atoms with Crippen LogP contribution in [-0.2, 0) is 10.8 Å². The van der Waals surface area contributed by atoms with Gasteiger partial charge < -0.3 is 5.73 Å². The molecule has 24 heavy (non-hydrogen) atoms. The van der Waals surface area contributed by atoms with Crippen LogP contribution in [0.15, 0.2) is 34.7 Å². The van der Waals surface area contributed by atoms with Crippen LogP contribution in [0.2, 0.25) is 0 Å². The summed E-state index contributed by atoms with van der Waals surface area (Å²) in [4.78, 5) is 12.1. The summed E-state index contributed by atoms with van der Waals surface area (Å²) in [6, 6.07) is 1.82. The molecule has 0 bridgehead atoms. The van der Waals surface area contributed by atoms with E-state index in [4.69, 9.17) is 5.73 Å². The molecule has 5 nitrogen and oxygen atoms in total. The molecule has 2 aromatic rings. The number of hydrogen-bond acceptors (Lipinski definition) is 6. The number of aromatic nitrogens is 2. The van der Waals surface area contributed by atoms with Crippen molar-refractivity contribution in [2.45, 2.75) is 17.6 Å². The second kappa shape index (κ2) is 6.94. The molecule has 2 N–H and O–H groups in total. The van der Waals surface area contributed by atoms with Crippen LogP contribution in [0, 0.1) is 11.6 Å². The minimum absolute atomic E-state index is 0.156. The zero-order valence-electron chi connectivity index (χ0n) is 12.7. The van der Waals surface area contributed by atoms with Crippen molar-refractivity contribution in [3.63, 3.8) is 0 Å². The van der Waals surface area contributed by atoms with Crippen molar-refractivity contribution in [3.8, 4) is 11.1 Å². The lowest BCUT2D eigenvalue weighted by Crippen LogP contribution is -2.16. The first kappa shape index (κ1) is 17.0. The first-order chi connectivity index (χ1) is 11.5. The van der Waals surface area contributed by atoms with Crippen LogP contribution in [0.5, 0.6) is 0 Å². The first-order valence-corrected chi connectivity index (χ1v) is 9.61. The normalized spacial score (nSPS) is 19.0. The molecule has 2 heterocycles. The summed E-state index contributed by atoms with van der Waals surface area (Å²) in [6.07, 6.45) is 4.82. The highest BCUT2D eigenvalue weighted by Gasteiger charge is 2.22. The quantitative estimate of drug-likeness (QED) is 0.843. The highest BCUT2D eigenvalue weighted by Crippen LogP contribution is 2.34. The molecule has 0 radical (unpaired) electrons. The molecule has 2 unspecified atom stereocenters. The van der Waals surface area contributed by atoms with Gasteiger partial charge in [-0.15, -0.1) is 0 Å². The fourth-order valence-electron chi connectivity index (χ4n) is 2.40. The Morgan fingerprint density at radius 1 is 1.25 bits per heavy atom. The highest BCUT2D eigenvalue weighted by atomic mass is 32.2. The van der Waals surface area contributed by atoms with E-state index in [1.54, 1.807) is 0 Å². The van der Waals surface area contributed by atoms with Crippen molar-refractivity contribution in [1.29, 1.82) is 0 Å². The van der Waals surface area contributed by atoms with Crippen molar-refractivity contribution in [1.82, 2.24) is 9.97 Å². The zero-order valence-corrected chi connectivity index (χ0v) is 14.3. The van der Waals surface area contributed by atoms with Crippen LogP contribution >= 0.6 is 11.8 Å². The Labute approximate surface area is 144 Å². The third kappa shape index (κ3) is 3.46. The Morgan fingerprint density at radius 3 is 2.58 bits per heavy atom. The van der Waals surface area contributed by atoms with Crippen molar-refractivity contribution in [2.24, 2.45) is 10.7 Å². The molecule has 0 aliphatic carbocycles. The van der Waals surface area contributed by atoms with E-state index in [-0.39, 0.29) is 16.3 Å². The second-order valence-corrected chi connectivity index (χ2v) is 7.57. The van der Waals surface area contributed by atoms with Gasteiger partial charge >= 0.3 is 0 Å². The van der Waals surface area contributed by atoms with Gasteiger partial charge in [0.05, 0.1) is 16.8 Å². The number of benzene rings is 1. The predicted octanol–water partition coefficient (Wildman–Crippen LogP) is 2.65. The molecule has 0 saturated carbocycles. The Morgan fingerprint density at radius 2 is 1.96 bits per heavy atom. The van der Waals surface area contributed by atoms with E-state index >= 15 is 0 Å². The lowest BCUT2D eigenvalue weighted by Gasteiger charge is -2.19. The van der Waals surface area contributed by atoms with Gasteiger partial charge in [0.25, 0.3) is 0 Å². The number of nitrogens with two attached hydrogens (primary N) is 1. The molecule has 1 aromatic heterocycles. The van der Waals surface area contributed by atoms with Crippen LogP contribution in [0.1, 0.15) is 18.0 Å². The summed E-state index contributed by atoms with van der Waals surface area (Å²) in [7, 11) is -1.32. The average molecular weight is 368 g/mol. The zero-order chi connectivity index (χ0) is 17.3. The van der Waals surface area contributed by atoms with Gasteiger partial charge in [-0.3, -0.25) is 9.20 Å². The average Bonchev–Trinajstić information content (AvgIpc) is 2.55. The lowest BCUT2D eigenvalue weighted by atomic mass is 9.98. The van der Waals surface area contributed by atoms with Gasteiger partial charge in [0, 0.05) is 47.2 Å². The summed E-state index contributed by atoms with van der Waals surface area (Å²) in [5.74, 6) is -0.643. The standard InChI is InChI=1S/C15H14F2N4OS2/c1-24(22)15-19-6-8(7-20-15)9-4-10(12(17)5-11(9)16)13-2-3-23-14(18)21-13/h4-7,13H,2-3H2,1H3,(H2,18,21). The van der Waals surface area contributed by atoms with Crippen molar-refractivity contribution in [3.05, 3.63) is 41.7 Å². The maximum atomic E-state index is 14.2. The Balaban J connectivity index is 2.04. The SMILES string of the molecule is CS(=O)c1ncc(-c2cc(C3CCSC(N)=N3)c(F)cc2F)cn1. The van der Waals surface area contributed by atoms with Crippen LogP contribution in [0.3, 0.4) is 0 Å². The molecule has 2 atom stereocenters. The number of hydrogen-bond donors (Lipinski definition) is 1. The van der Waals surface area contributed by atoms with Gasteiger partial charge in [-0.05, 0) is 12.5 Å². The maximum Gasteiger partial charge on any atom is 0.218 e. The monoisotopic (exact) mass is 368 g/mol. The lowest BCUT2D eigenvalue weighted by molar-refractivity contribution is 0.553. The minimum Gasteiger partial charge on any atom is -0.379 e. The molecule has 9 heteroatoms. The number of amidine groups is 1. The molecule has 0 saturated heterocycles.